The SMILES string of the molecule is CCOc1cc([C@@H]2c3sc(=O)[nH]c3S[C@@H]3[C@@H]4C[C@@H]([C@@H]5C(=O)N(c6cccc(C(F)(F)F)c6)C(=O)[C@@H]45)[C@H]23)ccc1OCC(=O)Nc1ccc(OC)cc1. The van der Waals surface area contributed by atoms with Crippen LogP contribution in [0.3, 0.4) is 0 Å². The maximum atomic E-state index is 14.1. The van der Waals surface area contributed by atoms with E-state index in [9.17, 15) is 32.3 Å². The van der Waals surface area contributed by atoms with Crippen molar-refractivity contribution in [1.82, 2.24) is 4.98 Å². The van der Waals surface area contributed by atoms with Crippen molar-refractivity contribution in [2.24, 2.45) is 29.6 Å². The number of rotatable bonds is 9. The van der Waals surface area contributed by atoms with Crippen LogP contribution in [-0.2, 0) is 20.6 Å². The predicted molar refractivity (Wildman–Crippen MR) is 187 cm³/mol. The summed E-state index contributed by atoms with van der Waals surface area (Å²) >= 11 is 2.62. The third kappa shape index (κ3) is 5.74. The molecular weight excluding hydrogens is 720 g/mol. The second-order valence-corrected chi connectivity index (χ2v) is 15.4. The molecule has 10 nitrogen and oxygen atoms in total. The molecule has 0 spiro atoms. The van der Waals surface area contributed by atoms with Crippen LogP contribution in [0.2, 0.25) is 0 Å². The van der Waals surface area contributed by atoms with E-state index in [2.05, 4.69) is 10.3 Å². The fourth-order valence-electron chi connectivity index (χ4n) is 8.59. The van der Waals surface area contributed by atoms with Gasteiger partial charge in [-0.15, -0.1) is 11.8 Å². The van der Waals surface area contributed by atoms with E-state index in [0.717, 1.165) is 38.8 Å². The second-order valence-electron chi connectivity index (χ2n) is 13.2. The Bertz CT molecular complexity index is 2140. The molecular formula is C37H32F3N3O7S2. The van der Waals surface area contributed by atoms with E-state index in [1.54, 1.807) is 37.4 Å². The van der Waals surface area contributed by atoms with Crippen molar-refractivity contribution in [2.75, 3.05) is 30.5 Å². The molecule has 3 amide bonds. The zero-order valence-corrected chi connectivity index (χ0v) is 29.4. The lowest BCUT2D eigenvalue weighted by molar-refractivity contribution is -0.137. The number of methoxy groups -OCH3 is 1. The van der Waals surface area contributed by atoms with Gasteiger partial charge >= 0.3 is 11.0 Å². The third-order valence-corrected chi connectivity index (χ3v) is 13.1. The number of nitrogens with zero attached hydrogens (tertiary/aromatic N) is 1. The molecule has 2 aliphatic carbocycles. The lowest BCUT2D eigenvalue weighted by Gasteiger charge is -2.43. The molecule has 0 unspecified atom stereocenters. The van der Waals surface area contributed by atoms with E-state index in [1.807, 2.05) is 19.1 Å². The highest BCUT2D eigenvalue weighted by Crippen LogP contribution is 2.69. The number of H-pyrrole nitrogens is 1. The maximum Gasteiger partial charge on any atom is 0.416 e. The molecule has 2 aliphatic heterocycles. The number of anilines is 2. The summed E-state index contributed by atoms with van der Waals surface area (Å²) in [4.78, 5) is 57.9. The molecule has 3 fully saturated rings. The summed E-state index contributed by atoms with van der Waals surface area (Å²) in [6.07, 6.45) is -4.02. The summed E-state index contributed by atoms with van der Waals surface area (Å²) in [7, 11) is 1.55. The highest BCUT2D eigenvalue weighted by Gasteiger charge is 2.69. The van der Waals surface area contributed by atoms with Gasteiger partial charge in [0.15, 0.2) is 18.1 Å². The number of thioether (sulfide) groups is 1. The smallest absolute Gasteiger partial charge is 0.416 e. The lowest BCUT2D eigenvalue weighted by atomic mass is 9.68. The Balaban J connectivity index is 1.09. The molecule has 3 aromatic carbocycles. The quantitative estimate of drug-likeness (QED) is 0.184. The number of nitrogens with one attached hydrogen (secondary N) is 2. The molecule has 2 N–H and O–H groups in total. The summed E-state index contributed by atoms with van der Waals surface area (Å²) in [5, 5.41) is 3.37. The van der Waals surface area contributed by atoms with Crippen molar-refractivity contribution >= 4 is 52.2 Å². The standard InChI is InChI=1S/C37H32F3N3O7S2/c1-3-49-25-13-17(7-12-24(25)50-16-26(44)41-19-8-10-21(48-2)11-9-19)27-28-22-15-23(31(28)51-33-32(27)52-36(47)42-33)30-29(22)34(45)43(35(30)46)20-6-4-5-18(14-20)37(38,39)40/h4-14,22-23,27-31H,3,15-16H2,1-2H3,(H,41,44)(H,42,47)/t22-,23-,27+,28-,29+,30+,31-/m1/s1. The van der Waals surface area contributed by atoms with Crippen LogP contribution in [-0.4, -0.2) is 48.3 Å². The van der Waals surface area contributed by atoms with Gasteiger partial charge in [-0.05, 0) is 91.3 Å². The largest absolute Gasteiger partial charge is 0.497 e. The van der Waals surface area contributed by atoms with Crippen LogP contribution in [0.1, 0.15) is 35.3 Å². The molecule has 3 heterocycles. The molecule has 4 aliphatic rings. The molecule has 270 valence electrons. The van der Waals surface area contributed by atoms with E-state index in [-0.39, 0.29) is 52.0 Å². The summed E-state index contributed by atoms with van der Waals surface area (Å²) in [5.41, 5.74) is 0.387. The minimum absolute atomic E-state index is 0.0798. The minimum Gasteiger partial charge on any atom is -0.497 e. The van der Waals surface area contributed by atoms with E-state index < -0.39 is 35.4 Å². The first-order chi connectivity index (χ1) is 25.0. The van der Waals surface area contributed by atoms with Gasteiger partial charge in [-0.1, -0.05) is 23.5 Å². The first-order valence-corrected chi connectivity index (χ1v) is 18.4. The summed E-state index contributed by atoms with van der Waals surface area (Å²) in [6, 6.07) is 16.7. The number of aromatic amines is 1. The molecule has 2 saturated carbocycles. The number of halogens is 3. The second kappa shape index (κ2) is 13.0. The van der Waals surface area contributed by atoms with Crippen LogP contribution >= 0.6 is 23.1 Å². The maximum absolute atomic E-state index is 14.1. The Morgan fingerprint density at radius 3 is 2.42 bits per heavy atom. The Kier molecular flexibility index (Phi) is 8.60. The zero-order valence-electron chi connectivity index (χ0n) is 27.8. The number of carbonyl (C=O) groups excluding carboxylic acids is 3. The average molecular weight is 752 g/mol. The molecule has 1 aromatic heterocycles. The van der Waals surface area contributed by atoms with Gasteiger partial charge in [-0.2, -0.15) is 13.2 Å². The number of ether oxygens (including phenoxy) is 3. The van der Waals surface area contributed by atoms with Gasteiger partial charge in [0.1, 0.15) is 5.75 Å². The first kappa shape index (κ1) is 34.3. The monoisotopic (exact) mass is 751 g/mol. The molecule has 7 atom stereocenters. The van der Waals surface area contributed by atoms with Gasteiger partial charge in [0.2, 0.25) is 11.8 Å². The van der Waals surface area contributed by atoms with Crippen molar-refractivity contribution in [2.45, 2.75) is 35.7 Å². The van der Waals surface area contributed by atoms with Crippen LogP contribution in [0, 0.1) is 29.6 Å². The molecule has 52 heavy (non-hydrogen) atoms. The molecule has 15 heteroatoms. The van der Waals surface area contributed by atoms with Crippen molar-refractivity contribution in [3.05, 3.63) is 92.4 Å². The number of carbonyl (C=O) groups is 3. The predicted octanol–water partition coefficient (Wildman–Crippen LogP) is 6.56. The van der Waals surface area contributed by atoms with Gasteiger partial charge in [0.05, 0.1) is 41.8 Å². The van der Waals surface area contributed by atoms with Gasteiger partial charge < -0.3 is 24.5 Å². The molecule has 0 radical (unpaired) electrons. The van der Waals surface area contributed by atoms with Crippen LogP contribution in [0.25, 0.3) is 0 Å². The number of imide groups is 1. The molecule has 1 saturated heterocycles. The number of aromatic nitrogens is 1. The third-order valence-electron chi connectivity index (χ3n) is 10.5. The Labute approximate surface area is 303 Å². The van der Waals surface area contributed by atoms with E-state index in [0.29, 0.717) is 41.0 Å². The van der Waals surface area contributed by atoms with Crippen molar-refractivity contribution in [3.63, 3.8) is 0 Å². The van der Waals surface area contributed by atoms with Gasteiger partial charge in [0, 0.05) is 21.7 Å². The topological polar surface area (TPSA) is 127 Å². The van der Waals surface area contributed by atoms with Gasteiger partial charge in [-0.25, -0.2) is 0 Å². The number of alkyl halides is 3. The van der Waals surface area contributed by atoms with Crippen LogP contribution in [0.15, 0.2) is 76.6 Å². The van der Waals surface area contributed by atoms with E-state index in [4.69, 9.17) is 14.2 Å². The van der Waals surface area contributed by atoms with Crippen LogP contribution in [0.5, 0.6) is 17.2 Å². The lowest BCUT2D eigenvalue weighted by Crippen LogP contribution is -2.42. The molecule has 4 aromatic rings. The number of amides is 3. The van der Waals surface area contributed by atoms with Crippen molar-refractivity contribution in [1.29, 1.82) is 0 Å². The number of hydrogen-bond acceptors (Lipinski definition) is 9. The number of thiazole rings is 1. The molecule has 2 bridgehead atoms. The minimum atomic E-state index is -4.63. The summed E-state index contributed by atoms with van der Waals surface area (Å²) in [6.45, 7) is 1.85. The Hall–Kier alpha value is -4.76. The Morgan fingerprint density at radius 1 is 0.962 bits per heavy atom. The number of fused-ring (bicyclic) bond motifs is 9. The highest BCUT2D eigenvalue weighted by atomic mass is 32.2. The average Bonchev–Trinajstić information content (AvgIpc) is 3.86. The number of hydrogen-bond donors (Lipinski definition) is 2. The van der Waals surface area contributed by atoms with Crippen molar-refractivity contribution in [3.8, 4) is 17.2 Å². The van der Waals surface area contributed by atoms with E-state index >= 15 is 0 Å². The van der Waals surface area contributed by atoms with Gasteiger partial charge in [-0.3, -0.25) is 24.1 Å². The fraction of sp³-hybridized carbons (Fsp3) is 0.351. The molecule has 8 rings (SSSR count). The fourth-order valence-corrected chi connectivity index (χ4v) is 11.5. The normalized spacial score (nSPS) is 25.8. The van der Waals surface area contributed by atoms with Crippen LogP contribution in [0.4, 0.5) is 24.5 Å². The van der Waals surface area contributed by atoms with E-state index in [1.165, 1.54) is 23.9 Å². The van der Waals surface area contributed by atoms with Gasteiger partial charge in [0.25, 0.3) is 5.91 Å². The summed E-state index contributed by atoms with van der Waals surface area (Å²) < 4.78 is 57.8. The summed E-state index contributed by atoms with van der Waals surface area (Å²) in [5.74, 6) is -2.22. The van der Waals surface area contributed by atoms with Crippen LogP contribution < -0.4 is 29.3 Å². The number of benzene rings is 3. The van der Waals surface area contributed by atoms with Crippen molar-refractivity contribution < 1.29 is 41.8 Å². The highest BCUT2D eigenvalue weighted by molar-refractivity contribution is 8.00. The zero-order chi connectivity index (χ0) is 36.5. The first-order valence-electron chi connectivity index (χ1n) is 16.7. The Morgan fingerprint density at radius 2 is 1.71 bits per heavy atom.